The number of carbonyl (C=O) groups excluding carboxylic acids is 3. The van der Waals surface area contributed by atoms with Crippen LogP contribution in [0.2, 0.25) is 0 Å². The van der Waals surface area contributed by atoms with Gasteiger partial charge in [0.25, 0.3) is 5.91 Å². The second-order valence-electron chi connectivity index (χ2n) is 7.98. The standard InChI is InChI=1S/C26H22N4O4S/c1-2-34-20-8-9-21-22(14-20)35-26(28-21)29(16-17-5-4-12-27-15-17)25(33)18-6-3-7-19(13-18)30-23(31)10-11-24(30)32/h3-9,12-15H,2,10-11,16H2,1H3. The quantitative estimate of drug-likeness (QED) is 0.355. The maximum Gasteiger partial charge on any atom is 0.260 e. The van der Waals surface area contributed by atoms with Gasteiger partial charge in [-0.3, -0.25) is 29.2 Å². The van der Waals surface area contributed by atoms with Crippen molar-refractivity contribution in [1.29, 1.82) is 0 Å². The van der Waals surface area contributed by atoms with Crippen LogP contribution in [0, 0.1) is 0 Å². The maximum atomic E-state index is 13.8. The summed E-state index contributed by atoms with van der Waals surface area (Å²) in [6, 6.07) is 16.0. The van der Waals surface area contributed by atoms with Crippen molar-refractivity contribution >= 4 is 50.1 Å². The van der Waals surface area contributed by atoms with E-state index in [9.17, 15) is 14.4 Å². The van der Waals surface area contributed by atoms with Gasteiger partial charge in [0.05, 0.1) is 29.1 Å². The van der Waals surface area contributed by atoms with Crippen LogP contribution in [-0.2, 0) is 16.1 Å². The van der Waals surface area contributed by atoms with Gasteiger partial charge < -0.3 is 4.74 Å². The highest BCUT2D eigenvalue weighted by Crippen LogP contribution is 2.33. The van der Waals surface area contributed by atoms with Crippen molar-refractivity contribution in [3.05, 3.63) is 78.1 Å². The van der Waals surface area contributed by atoms with Gasteiger partial charge in [-0.05, 0) is 55.0 Å². The van der Waals surface area contributed by atoms with E-state index in [1.807, 2.05) is 37.3 Å². The van der Waals surface area contributed by atoms with Crippen molar-refractivity contribution in [2.45, 2.75) is 26.3 Å². The Morgan fingerprint density at radius 1 is 1.09 bits per heavy atom. The summed E-state index contributed by atoms with van der Waals surface area (Å²) < 4.78 is 6.51. The summed E-state index contributed by atoms with van der Waals surface area (Å²) >= 11 is 1.39. The zero-order valence-corrected chi connectivity index (χ0v) is 19.8. The molecule has 0 unspecified atom stereocenters. The zero-order valence-electron chi connectivity index (χ0n) is 19.0. The van der Waals surface area contributed by atoms with Crippen molar-refractivity contribution in [1.82, 2.24) is 9.97 Å². The molecule has 35 heavy (non-hydrogen) atoms. The third kappa shape index (κ3) is 4.63. The summed E-state index contributed by atoms with van der Waals surface area (Å²) in [4.78, 5) is 49.8. The number of fused-ring (bicyclic) bond motifs is 1. The SMILES string of the molecule is CCOc1ccc2nc(N(Cc3cccnc3)C(=O)c3cccc(N4C(=O)CCC4=O)c3)sc2c1. The predicted octanol–water partition coefficient (Wildman–Crippen LogP) is 4.59. The summed E-state index contributed by atoms with van der Waals surface area (Å²) in [6.45, 7) is 2.74. The topological polar surface area (TPSA) is 92.7 Å². The van der Waals surface area contributed by atoms with E-state index in [4.69, 9.17) is 9.72 Å². The molecule has 0 atom stereocenters. The number of aromatic nitrogens is 2. The van der Waals surface area contributed by atoms with Crippen molar-refractivity contribution in [3.8, 4) is 5.75 Å². The van der Waals surface area contributed by atoms with Gasteiger partial charge in [0.2, 0.25) is 11.8 Å². The van der Waals surface area contributed by atoms with E-state index in [0.29, 0.717) is 23.0 Å². The first kappa shape index (κ1) is 22.7. The van der Waals surface area contributed by atoms with Gasteiger partial charge in [-0.2, -0.15) is 0 Å². The summed E-state index contributed by atoms with van der Waals surface area (Å²) in [5.41, 5.74) is 2.36. The number of nitrogens with zero attached hydrogens (tertiary/aromatic N) is 4. The largest absolute Gasteiger partial charge is 0.494 e. The number of amides is 3. The van der Waals surface area contributed by atoms with E-state index >= 15 is 0 Å². The van der Waals surface area contributed by atoms with Crippen LogP contribution < -0.4 is 14.5 Å². The van der Waals surface area contributed by atoms with E-state index in [1.165, 1.54) is 11.3 Å². The number of benzene rings is 2. The molecule has 1 saturated heterocycles. The van der Waals surface area contributed by atoms with Crippen LogP contribution in [0.3, 0.4) is 0 Å². The van der Waals surface area contributed by atoms with Crippen LogP contribution in [0.5, 0.6) is 5.75 Å². The normalized spacial score (nSPS) is 13.5. The molecule has 0 aliphatic carbocycles. The molecule has 2 aromatic heterocycles. The number of pyridine rings is 1. The van der Waals surface area contributed by atoms with Crippen LogP contribution >= 0.6 is 11.3 Å². The van der Waals surface area contributed by atoms with E-state index < -0.39 is 0 Å². The van der Waals surface area contributed by atoms with Crippen LogP contribution in [0.25, 0.3) is 10.2 Å². The minimum Gasteiger partial charge on any atom is -0.494 e. The molecule has 1 aliphatic heterocycles. The predicted molar refractivity (Wildman–Crippen MR) is 134 cm³/mol. The molecule has 0 radical (unpaired) electrons. The molecule has 8 nitrogen and oxygen atoms in total. The van der Waals surface area contributed by atoms with Crippen molar-refractivity contribution in [3.63, 3.8) is 0 Å². The highest BCUT2D eigenvalue weighted by atomic mass is 32.1. The summed E-state index contributed by atoms with van der Waals surface area (Å²) in [6.07, 6.45) is 3.74. The van der Waals surface area contributed by atoms with Crippen molar-refractivity contribution in [2.24, 2.45) is 0 Å². The Morgan fingerprint density at radius 2 is 1.91 bits per heavy atom. The molecular weight excluding hydrogens is 464 g/mol. The van der Waals surface area contributed by atoms with Crippen LogP contribution in [0.15, 0.2) is 67.0 Å². The van der Waals surface area contributed by atoms with Gasteiger partial charge in [0, 0.05) is 30.8 Å². The Hall–Kier alpha value is -4.11. The molecule has 4 aromatic rings. The Kier molecular flexibility index (Phi) is 6.24. The first-order chi connectivity index (χ1) is 17.0. The van der Waals surface area contributed by atoms with Gasteiger partial charge in [-0.25, -0.2) is 4.98 Å². The fourth-order valence-electron chi connectivity index (χ4n) is 3.96. The molecule has 3 heterocycles. The fourth-order valence-corrected chi connectivity index (χ4v) is 4.96. The second kappa shape index (κ2) is 9.63. The number of hydrogen-bond donors (Lipinski definition) is 0. The highest BCUT2D eigenvalue weighted by molar-refractivity contribution is 7.22. The number of carbonyl (C=O) groups is 3. The number of rotatable bonds is 7. The van der Waals surface area contributed by atoms with Gasteiger partial charge in [-0.15, -0.1) is 0 Å². The first-order valence-electron chi connectivity index (χ1n) is 11.2. The zero-order chi connectivity index (χ0) is 24.4. The van der Waals surface area contributed by atoms with Crippen LogP contribution in [-0.4, -0.2) is 34.3 Å². The number of imide groups is 1. The smallest absolute Gasteiger partial charge is 0.260 e. The molecule has 0 saturated carbocycles. The van der Waals surface area contributed by atoms with Gasteiger partial charge in [0.15, 0.2) is 5.13 Å². The van der Waals surface area contributed by atoms with E-state index in [1.54, 1.807) is 41.6 Å². The lowest BCUT2D eigenvalue weighted by Gasteiger charge is -2.21. The lowest BCUT2D eigenvalue weighted by molar-refractivity contribution is -0.121. The number of ether oxygens (including phenoxy) is 1. The molecule has 2 aromatic carbocycles. The third-order valence-electron chi connectivity index (χ3n) is 5.60. The minimum absolute atomic E-state index is 0.180. The fraction of sp³-hybridized carbons (Fsp3) is 0.192. The van der Waals surface area contributed by atoms with Crippen molar-refractivity contribution in [2.75, 3.05) is 16.4 Å². The highest BCUT2D eigenvalue weighted by Gasteiger charge is 2.31. The van der Waals surface area contributed by atoms with E-state index in [2.05, 4.69) is 4.98 Å². The lowest BCUT2D eigenvalue weighted by Crippen LogP contribution is -2.31. The second-order valence-corrected chi connectivity index (χ2v) is 8.99. The minimum atomic E-state index is -0.293. The first-order valence-corrected chi connectivity index (χ1v) is 12.0. The van der Waals surface area contributed by atoms with Gasteiger partial charge in [0.1, 0.15) is 5.75 Å². The molecule has 1 aliphatic rings. The Bertz CT molecular complexity index is 1400. The van der Waals surface area contributed by atoms with E-state index in [0.717, 1.165) is 26.4 Å². The Morgan fingerprint density at radius 3 is 2.66 bits per heavy atom. The molecule has 5 rings (SSSR count). The van der Waals surface area contributed by atoms with Crippen molar-refractivity contribution < 1.29 is 19.1 Å². The summed E-state index contributed by atoms with van der Waals surface area (Å²) in [5, 5.41) is 0.529. The molecule has 0 bridgehead atoms. The Balaban J connectivity index is 1.53. The van der Waals surface area contributed by atoms with Crippen LogP contribution in [0.4, 0.5) is 10.8 Å². The molecule has 0 spiro atoms. The molecule has 3 amide bonds. The Labute approximate surface area is 205 Å². The van der Waals surface area contributed by atoms with Gasteiger partial charge in [-0.1, -0.05) is 23.5 Å². The number of hydrogen-bond acceptors (Lipinski definition) is 7. The molecular formula is C26H22N4O4S. The summed E-state index contributed by atoms with van der Waals surface area (Å²) in [5.74, 6) is -0.0712. The van der Waals surface area contributed by atoms with Gasteiger partial charge >= 0.3 is 0 Å². The number of anilines is 2. The summed E-state index contributed by atoms with van der Waals surface area (Å²) in [7, 11) is 0. The maximum absolute atomic E-state index is 13.8. The lowest BCUT2D eigenvalue weighted by atomic mass is 10.1. The molecule has 9 heteroatoms. The monoisotopic (exact) mass is 486 g/mol. The number of thiazole rings is 1. The van der Waals surface area contributed by atoms with E-state index in [-0.39, 0.29) is 37.1 Å². The average Bonchev–Trinajstić information content (AvgIpc) is 3.45. The van der Waals surface area contributed by atoms with Crippen LogP contribution in [0.1, 0.15) is 35.7 Å². The molecule has 0 N–H and O–H groups in total. The molecule has 1 fully saturated rings. The average molecular weight is 487 g/mol. The molecule has 176 valence electrons. The third-order valence-corrected chi connectivity index (χ3v) is 6.64.